The van der Waals surface area contributed by atoms with Gasteiger partial charge in [-0.25, -0.2) is 8.42 Å². The van der Waals surface area contributed by atoms with Crippen LogP contribution in [0, 0.1) is 0 Å². The summed E-state index contributed by atoms with van der Waals surface area (Å²) < 4.78 is 27.4. The summed E-state index contributed by atoms with van der Waals surface area (Å²) >= 11 is 9.35. The van der Waals surface area contributed by atoms with E-state index in [-0.39, 0.29) is 5.75 Å². The maximum absolute atomic E-state index is 10.9. The van der Waals surface area contributed by atoms with Crippen molar-refractivity contribution in [2.24, 2.45) is 0 Å². The van der Waals surface area contributed by atoms with Gasteiger partial charge in [0.05, 0.1) is 12.4 Å². The molecule has 96 valence electrons. The van der Waals surface area contributed by atoms with Gasteiger partial charge in [0.15, 0.2) is 0 Å². The molecule has 0 aromatic heterocycles. The van der Waals surface area contributed by atoms with Gasteiger partial charge >= 0.3 is 0 Å². The Hall–Kier alpha value is -0.260. The summed E-state index contributed by atoms with van der Waals surface area (Å²) in [5.41, 5.74) is 0.883. The Labute approximate surface area is 115 Å². The first kappa shape index (κ1) is 14.8. The summed E-state index contributed by atoms with van der Waals surface area (Å²) in [5, 5.41) is 1.25. The number of halogens is 2. The van der Waals surface area contributed by atoms with E-state index in [1.165, 1.54) is 6.26 Å². The molecule has 0 atom stereocenters. The topological polar surface area (TPSA) is 43.4 Å². The molecule has 0 spiro atoms. The molecule has 0 heterocycles. The van der Waals surface area contributed by atoms with Crippen molar-refractivity contribution < 1.29 is 13.2 Å². The Morgan fingerprint density at radius 2 is 2.12 bits per heavy atom. The SMILES string of the molecule is CS(=O)(=O)CCCOc1cccc(Cl)c1CBr. The van der Waals surface area contributed by atoms with Gasteiger partial charge in [-0.15, -0.1) is 0 Å². The Kier molecular flexibility index (Phi) is 5.76. The number of benzene rings is 1. The highest BCUT2D eigenvalue weighted by atomic mass is 79.9. The first-order chi connectivity index (χ1) is 7.94. The zero-order valence-corrected chi connectivity index (χ0v) is 12.6. The highest BCUT2D eigenvalue weighted by Crippen LogP contribution is 2.28. The van der Waals surface area contributed by atoms with Gasteiger partial charge in [-0.3, -0.25) is 0 Å². The van der Waals surface area contributed by atoms with Crippen molar-refractivity contribution in [2.75, 3.05) is 18.6 Å². The smallest absolute Gasteiger partial charge is 0.147 e. The van der Waals surface area contributed by atoms with Crippen LogP contribution < -0.4 is 4.74 Å². The number of sulfone groups is 1. The van der Waals surface area contributed by atoms with Crippen LogP contribution in [0.15, 0.2) is 18.2 Å². The highest BCUT2D eigenvalue weighted by Gasteiger charge is 2.07. The molecular weight excluding hydrogens is 328 g/mol. The largest absolute Gasteiger partial charge is 0.493 e. The van der Waals surface area contributed by atoms with Crippen molar-refractivity contribution in [3.63, 3.8) is 0 Å². The first-order valence-corrected chi connectivity index (χ1v) is 8.64. The van der Waals surface area contributed by atoms with E-state index in [9.17, 15) is 8.42 Å². The van der Waals surface area contributed by atoms with E-state index in [0.29, 0.717) is 29.1 Å². The predicted molar refractivity (Wildman–Crippen MR) is 73.9 cm³/mol. The minimum absolute atomic E-state index is 0.136. The van der Waals surface area contributed by atoms with Crippen molar-refractivity contribution >= 4 is 37.4 Å². The quantitative estimate of drug-likeness (QED) is 0.590. The molecule has 17 heavy (non-hydrogen) atoms. The maximum Gasteiger partial charge on any atom is 0.147 e. The van der Waals surface area contributed by atoms with Crippen LogP contribution in [-0.4, -0.2) is 27.0 Å². The van der Waals surface area contributed by atoms with E-state index in [0.717, 1.165) is 5.56 Å². The summed E-state index contributed by atoms with van der Waals surface area (Å²) in [4.78, 5) is 0. The maximum atomic E-state index is 10.9. The lowest BCUT2D eigenvalue weighted by molar-refractivity contribution is 0.315. The van der Waals surface area contributed by atoms with Gasteiger partial charge in [-0.2, -0.15) is 0 Å². The Bertz CT molecular complexity index is 474. The molecule has 0 aliphatic rings. The second kappa shape index (κ2) is 6.61. The van der Waals surface area contributed by atoms with E-state index < -0.39 is 9.84 Å². The first-order valence-electron chi connectivity index (χ1n) is 5.08. The summed E-state index contributed by atoms with van der Waals surface area (Å²) in [7, 11) is -2.92. The zero-order valence-electron chi connectivity index (χ0n) is 9.45. The second-order valence-electron chi connectivity index (χ2n) is 3.68. The molecule has 0 saturated carbocycles. The van der Waals surface area contributed by atoms with Crippen molar-refractivity contribution in [3.8, 4) is 5.75 Å². The van der Waals surface area contributed by atoms with Crippen LogP contribution in [0.2, 0.25) is 5.02 Å². The van der Waals surface area contributed by atoms with E-state index in [2.05, 4.69) is 15.9 Å². The van der Waals surface area contributed by atoms with Crippen LogP contribution >= 0.6 is 27.5 Å². The molecule has 0 aliphatic heterocycles. The van der Waals surface area contributed by atoms with E-state index in [4.69, 9.17) is 16.3 Å². The minimum Gasteiger partial charge on any atom is -0.493 e. The average Bonchev–Trinajstić information content (AvgIpc) is 2.23. The van der Waals surface area contributed by atoms with Crippen molar-refractivity contribution in [1.29, 1.82) is 0 Å². The van der Waals surface area contributed by atoms with E-state index in [1.807, 2.05) is 6.07 Å². The molecule has 0 radical (unpaired) electrons. The van der Waals surface area contributed by atoms with Gasteiger partial charge in [-0.1, -0.05) is 33.6 Å². The molecule has 0 fully saturated rings. The molecule has 1 aromatic rings. The second-order valence-corrected chi connectivity index (χ2v) is 6.91. The Balaban J connectivity index is 2.55. The molecule has 0 aliphatic carbocycles. The molecular formula is C11H14BrClO3S. The van der Waals surface area contributed by atoms with Gasteiger partial charge in [-0.05, 0) is 18.6 Å². The molecule has 6 heteroatoms. The lowest BCUT2D eigenvalue weighted by atomic mass is 10.2. The van der Waals surface area contributed by atoms with Crippen molar-refractivity contribution in [1.82, 2.24) is 0 Å². The molecule has 3 nitrogen and oxygen atoms in total. The third kappa shape index (κ3) is 5.27. The fraction of sp³-hybridized carbons (Fsp3) is 0.455. The van der Waals surface area contributed by atoms with E-state index >= 15 is 0 Å². The molecule has 0 bridgehead atoms. The molecule has 0 N–H and O–H groups in total. The number of ether oxygens (including phenoxy) is 1. The lowest BCUT2D eigenvalue weighted by Crippen LogP contribution is -2.08. The molecule has 0 amide bonds. The summed E-state index contributed by atoms with van der Waals surface area (Å²) in [5.74, 6) is 0.833. The highest BCUT2D eigenvalue weighted by molar-refractivity contribution is 9.08. The van der Waals surface area contributed by atoms with Crippen LogP contribution in [0.4, 0.5) is 0 Å². The summed E-state index contributed by atoms with van der Waals surface area (Å²) in [6.45, 7) is 0.368. The lowest BCUT2D eigenvalue weighted by Gasteiger charge is -2.10. The van der Waals surface area contributed by atoms with Crippen LogP contribution in [-0.2, 0) is 15.2 Å². The molecule has 1 aromatic carbocycles. The Morgan fingerprint density at radius 3 is 2.71 bits per heavy atom. The average molecular weight is 342 g/mol. The number of hydrogen-bond donors (Lipinski definition) is 0. The van der Waals surface area contributed by atoms with Crippen LogP contribution in [0.25, 0.3) is 0 Å². The Morgan fingerprint density at radius 1 is 1.41 bits per heavy atom. The molecule has 0 saturated heterocycles. The zero-order chi connectivity index (χ0) is 12.9. The normalized spacial score (nSPS) is 11.5. The van der Waals surface area contributed by atoms with Gasteiger partial charge in [0.2, 0.25) is 0 Å². The van der Waals surface area contributed by atoms with Crippen molar-refractivity contribution in [2.45, 2.75) is 11.8 Å². The van der Waals surface area contributed by atoms with Crippen molar-refractivity contribution in [3.05, 3.63) is 28.8 Å². The fourth-order valence-electron chi connectivity index (χ4n) is 1.31. The van der Waals surface area contributed by atoms with Gasteiger partial charge in [0.25, 0.3) is 0 Å². The molecule has 0 unspecified atom stereocenters. The number of hydrogen-bond acceptors (Lipinski definition) is 3. The fourth-order valence-corrected chi connectivity index (χ4v) is 2.92. The van der Waals surface area contributed by atoms with Gasteiger partial charge < -0.3 is 4.74 Å². The van der Waals surface area contributed by atoms with Crippen LogP contribution in [0.5, 0.6) is 5.75 Å². The predicted octanol–water partition coefficient (Wildman–Crippen LogP) is 3.05. The minimum atomic E-state index is -2.92. The number of alkyl halides is 1. The third-order valence-corrected chi connectivity index (χ3v) is 4.07. The van der Waals surface area contributed by atoms with E-state index in [1.54, 1.807) is 12.1 Å². The van der Waals surface area contributed by atoms with Crippen LogP contribution in [0.3, 0.4) is 0 Å². The standard InChI is InChI=1S/C11H14BrClO3S/c1-17(14,15)7-3-6-16-11-5-2-4-10(13)9(11)8-12/h2,4-5H,3,6-8H2,1H3. The number of rotatable bonds is 6. The summed E-state index contributed by atoms with van der Waals surface area (Å²) in [6, 6.07) is 5.42. The summed E-state index contributed by atoms with van der Waals surface area (Å²) in [6.07, 6.45) is 1.70. The molecule has 1 rings (SSSR count). The third-order valence-electron chi connectivity index (χ3n) is 2.13. The van der Waals surface area contributed by atoms with Gasteiger partial charge in [0, 0.05) is 22.2 Å². The van der Waals surface area contributed by atoms with Crippen LogP contribution in [0.1, 0.15) is 12.0 Å². The van der Waals surface area contributed by atoms with Gasteiger partial charge in [0.1, 0.15) is 15.6 Å². The monoisotopic (exact) mass is 340 g/mol.